The molecule has 1 aliphatic rings. The molecule has 0 aromatic heterocycles. The number of hydrogen-bond acceptors (Lipinski definition) is 2. The van der Waals surface area contributed by atoms with Gasteiger partial charge >= 0.3 is 0 Å². The van der Waals surface area contributed by atoms with Gasteiger partial charge in [0.2, 0.25) is 0 Å². The van der Waals surface area contributed by atoms with E-state index in [4.69, 9.17) is 4.74 Å². The predicted octanol–water partition coefficient (Wildman–Crippen LogP) is 1.66. The van der Waals surface area contributed by atoms with Crippen LogP contribution in [-0.2, 0) is 4.74 Å². The maximum Gasteiger partial charge on any atom is 0.0491 e. The molecule has 1 saturated heterocycles. The molecule has 0 atom stereocenters. The smallest absolute Gasteiger partial charge is 0.0491 e. The van der Waals surface area contributed by atoms with Crippen LogP contribution in [0, 0.1) is 5.92 Å². The topological polar surface area (TPSA) is 21.3 Å². The second kappa shape index (κ2) is 8.02. The molecular weight excluding hydrogens is 138 g/mol. The Bertz CT molecular complexity index is 67.2. The number of hydrogen-bond donors (Lipinski definition) is 1. The molecule has 0 aromatic rings. The van der Waals surface area contributed by atoms with Gasteiger partial charge in [0.15, 0.2) is 0 Å². The molecule has 0 saturated carbocycles. The summed E-state index contributed by atoms with van der Waals surface area (Å²) < 4.78 is 5.05. The second-order valence-corrected chi connectivity index (χ2v) is 2.65. The van der Waals surface area contributed by atoms with Gasteiger partial charge < -0.3 is 10.1 Å². The first-order valence-corrected chi connectivity index (χ1v) is 4.63. The molecule has 1 rings (SSSR count). The first kappa shape index (κ1) is 10.9. The molecule has 11 heavy (non-hydrogen) atoms. The highest BCUT2D eigenvalue weighted by Gasteiger charge is 2.11. The summed E-state index contributed by atoms with van der Waals surface area (Å²) in [6.07, 6.45) is 2.57. The van der Waals surface area contributed by atoms with E-state index >= 15 is 0 Å². The van der Waals surface area contributed by atoms with Crippen LogP contribution in [0.2, 0.25) is 0 Å². The van der Waals surface area contributed by atoms with E-state index in [1.165, 1.54) is 25.9 Å². The molecule has 1 N–H and O–H groups in total. The molecule has 0 amide bonds. The van der Waals surface area contributed by atoms with E-state index in [0.29, 0.717) is 0 Å². The standard InChI is InChI=1S/C7H15NO.C2H6/c1-9-6-7-2-4-8-5-3-7;1-2/h7-8H,2-6H2,1H3;1-2H3. The van der Waals surface area contributed by atoms with Crippen LogP contribution in [0.3, 0.4) is 0 Å². The highest BCUT2D eigenvalue weighted by Crippen LogP contribution is 2.10. The summed E-state index contributed by atoms with van der Waals surface area (Å²) in [5, 5.41) is 3.32. The van der Waals surface area contributed by atoms with E-state index in [2.05, 4.69) is 5.32 Å². The van der Waals surface area contributed by atoms with Gasteiger partial charge in [-0.3, -0.25) is 0 Å². The molecular formula is C9H21NO. The zero-order valence-corrected chi connectivity index (χ0v) is 8.02. The maximum absolute atomic E-state index is 5.05. The van der Waals surface area contributed by atoms with Crippen LogP contribution in [0.25, 0.3) is 0 Å². The summed E-state index contributed by atoms with van der Waals surface area (Å²) in [6.45, 7) is 7.30. The fourth-order valence-corrected chi connectivity index (χ4v) is 1.28. The SMILES string of the molecule is CC.COCC1CCNCC1. The second-order valence-electron chi connectivity index (χ2n) is 2.65. The van der Waals surface area contributed by atoms with Crippen molar-refractivity contribution in [3.8, 4) is 0 Å². The van der Waals surface area contributed by atoms with Gasteiger partial charge in [0, 0.05) is 13.7 Å². The molecule has 0 unspecified atom stereocenters. The van der Waals surface area contributed by atoms with Crippen LogP contribution < -0.4 is 5.32 Å². The lowest BCUT2D eigenvalue weighted by atomic mass is 10.00. The van der Waals surface area contributed by atoms with Crippen molar-refractivity contribution in [3.63, 3.8) is 0 Å². The Morgan fingerprint density at radius 3 is 2.27 bits per heavy atom. The summed E-state index contributed by atoms with van der Waals surface area (Å²) in [6, 6.07) is 0. The van der Waals surface area contributed by atoms with Crippen LogP contribution in [-0.4, -0.2) is 26.8 Å². The summed E-state index contributed by atoms with van der Waals surface area (Å²) in [4.78, 5) is 0. The van der Waals surface area contributed by atoms with Crippen LogP contribution in [0.15, 0.2) is 0 Å². The van der Waals surface area contributed by atoms with Crippen molar-refractivity contribution in [2.45, 2.75) is 26.7 Å². The molecule has 0 spiro atoms. The van der Waals surface area contributed by atoms with Gasteiger partial charge in [-0.2, -0.15) is 0 Å². The van der Waals surface area contributed by atoms with Crippen molar-refractivity contribution in [1.82, 2.24) is 5.32 Å². The monoisotopic (exact) mass is 159 g/mol. The lowest BCUT2D eigenvalue weighted by molar-refractivity contribution is 0.135. The van der Waals surface area contributed by atoms with E-state index in [-0.39, 0.29) is 0 Å². The molecule has 1 aliphatic heterocycles. The number of piperidine rings is 1. The first-order valence-electron chi connectivity index (χ1n) is 4.63. The Balaban J connectivity index is 0.000000461. The van der Waals surface area contributed by atoms with Gasteiger partial charge in [0.1, 0.15) is 0 Å². The average Bonchev–Trinajstić information content (AvgIpc) is 2.11. The zero-order chi connectivity index (χ0) is 8.53. The molecule has 0 aromatic carbocycles. The van der Waals surface area contributed by atoms with Crippen LogP contribution in [0.5, 0.6) is 0 Å². The number of rotatable bonds is 2. The lowest BCUT2D eigenvalue weighted by Crippen LogP contribution is -2.29. The van der Waals surface area contributed by atoms with Crippen LogP contribution >= 0.6 is 0 Å². The quantitative estimate of drug-likeness (QED) is 0.661. The minimum absolute atomic E-state index is 0.816. The van der Waals surface area contributed by atoms with Crippen LogP contribution in [0.4, 0.5) is 0 Å². The number of methoxy groups -OCH3 is 1. The molecule has 0 radical (unpaired) electrons. The fraction of sp³-hybridized carbons (Fsp3) is 1.00. The summed E-state index contributed by atoms with van der Waals surface area (Å²) >= 11 is 0. The van der Waals surface area contributed by atoms with Gasteiger partial charge in [-0.15, -0.1) is 0 Å². The third kappa shape index (κ3) is 5.22. The van der Waals surface area contributed by atoms with E-state index < -0.39 is 0 Å². The van der Waals surface area contributed by atoms with Gasteiger partial charge in [-0.1, -0.05) is 13.8 Å². The Morgan fingerprint density at radius 1 is 1.27 bits per heavy atom. The molecule has 68 valence electrons. The minimum Gasteiger partial charge on any atom is -0.384 e. The molecule has 1 heterocycles. The van der Waals surface area contributed by atoms with E-state index in [9.17, 15) is 0 Å². The normalized spacial score (nSPS) is 18.8. The van der Waals surface area contributed by atoms with E-state index in [1.807, 2.05) is 13.8 Å². The van der Waals surface area contributed by atoms with Gasteiger partial charge in [0.05, 0.1) is 0 Å². The third-order valence-corrected chi connectivity index (χ3v) is 1.86. The third-order valence-electron chi connectivity index (χ3n) is 1.86. The largest absolute Gasteiger partial charge is 0.384 e. The van der Waals surface area contributed by atoms with Crippen molar-refractivity contribution in [1.29, 1.82) is 0 Å². The Hall–Kier alpha value is -0.0800. The molecule has 0 aliphatic carbocycles. The summed E-state index contributed by atoms with van der Waals surface area (Å²) in [5.74, 6) is 0.816. The van der Waals surface area contributed by atoms with Gasteiger partial charge in [0.25, 0.3) is 0 Å². The highest BCUT2D eigenvalue weighted by atomic mass is 16.5. The molecule has 2 heteroatoms. The Morgan fingerprint density at radius 2 is 1.82 bits per heavy atom. The summed E-state index contributed by atoms with van der Waals surface area (Å²) in [5.41, 5.74) is 0. The molecule has 2 nitrogen and oxygen atoms in total. The van der Waals surface area contributed by atoms with E-state index in [1.54, 1.807) is 7.11 Å². The minimum atomic E-state index is 0.816. The zero-order valence-electron chi connectivity index (χ0n) is 8.02. The van der Waals surface area contributed by atoms with E-state index in [0.717, 1.165) is 12.5 Å². The Kier molecular flexibility index (Phi) is 7.96. The van der Waals surface area contributed by atoms with Gasteiger partial charge in [-0.05, 0) is 31.8 Å². The molecule has 0 bridgehead atoms. The van der Waals surface area contributed by atoms with Crippen molar-refractivity contribution < 1.29 is 4.74 Å². The van der Waals surface area contributed by atoms with Crippen molar-refractivity contribution in [2.24, 2.45) is 5.92 Å². The average molecular weight is 159 g/mol. The predicted molar refractivity (Wildman–Crippen MR) is 48.8 cm³/mol. The highest BCUT2D eigenvalue weighted by molar-refractivity contribution is 4.67. The van der Waals surface area contributed by atoms with Crippen LogP contribution in [0.1, 0.15) is 26.7 Å². The van der Waals surface area contributed by atoms with Crippen molar-refractivity contribution in [2.75, 3.05) is 26.8 Å². The van der Waals surface area contributed by atoms with Crippen molar-refractivity contribution >= 4 is 0 Å². The van der Waals surface area contributed by atoms with Crippen molar-refractivity contribution in [3.05, 3.63) is 0 Å². The Labute approximate surface area is 70.3 Å². The number of ether oxygens (including phenoxy) is 1. The number of nitrogens with one attached hydrogen (secondary N) is 1. The fourth-order valence-electron chi connectivity index (χ4n) is 1.28. The molecule has 1 fully saturated rings. The summed E-state index contributed by atoms with van der Waals surface area (Å²) in [7, 11) is 1.78. The maximum atomic E-state index is 5.05. The lowest BCUT2D eigenvalue weighted by Gasteiger charge is -2.21. The first-order chi connectivity index (χ1) is 5.43. The van der Waals surface area contributed by atoms with Gasteiger partial charge in [-0.25, -0.2) is 0 Å².